The Bertz CT molecular complexity index is 684. The van der Waals surface area contributed by atoms with Crippen LogP contribution >= 0.6 is 0 Å². The number of aryl methyl sites for hydroxylation is 1. The molecule has 2 saturated heterocycles. The summed E-state index contributed by atoms with van der Waals surface area (Å²) < 4.78 is 1.65. The largest absolute Gasteiger partial charge is 0.392 e. The fourth-order valence-corrected chi connectivity index (χ4v) is 3.69. The van der Waals surface area contributed by atoms with Crippen molar-refractivity contribution in [2.24, 2.45) is 13.0 Å². The minimum absolute atomic E-state index is 0.0281. The van der Waals surface area contributed by atoms with Crippen LogP contribution in [0.4, 0.5) is 0 Å². The molecule has 8 nitrogen and oxygen atoms in total. The van der Waals surface area contributed by atoms with Crippen molar-refractivity contribution in [1.29, 1.82) is 0 Å². The first-order valence-electron chi connectivity index (χ1n) is 8.99. The summed E-state index contributed by atoms with van der Waals surface area (Å²) in [6.07, 6.45) is 4.70. The summed E-state index contributed by atoms with van der Waals surface area (Å²) in [5.41, 5.74) is 1.28. The highest BCUT2D eigenvalue weighted by Crippen LogP contribution is 2.30. The van der Waals surface area contributed by atoms with Crippen LogP contribution in [0, 0.1) is 5.92 Å². The first-order valence-corrected chi connectivity index (χ1v) is 8.99. The standard InChI is InChI=1S/C17H25N5O3/c1-19-7-13(8-20-5-4-14(23)9-20)16(18-19)17(25)22-10-15(24)21(11-22)6-12-2-3-12/h7,12,14,23H,2-6,8-11H2,1H3. The van der Waals surface area contributed by atoms with Crippen LogP contribution in [0.5, 0.6) is 0 Å². The lowest BCUT2D eigenvalue weighted by molar-refractivity contribution is -0.126. The van der Waals surface area contributed by atoms with Crippen molar-refractivity contribution >= 4 is 11.8 Å². The Morgan fingerprint density at radius 1 is 1.36 bits per heavy atom. The van der Waals surface area contributed by atoms with Crippen molar-refractivity contribution in [2.45, 2.75) is 31.9 Å². The van der Waals surface area contributed by atoms with Crippen LogP contribution in [-0.2, 0) is 18.4 Å². The van der Waals surface area contributed by atoms with Crippen LogP contribution in [-0.4, -0.2) is 80.4 Å². The lowest BCUT2D eigenvalue weighted by Crippen LogP contribution is -2.33. The molecular weight excluding hydrogens is 322 g/mol. The van der Waals surface area contributed by atoms with Gasteiger partial charge >= 0.3 is 0 Å². The predicted molar refractivity (Wildman–Crippen MR) is 89.4 cm³/mol. The third-order valence-electron chi connectivity index (χ3n) is 5.23. The van der Waals surface area contributed by atoms with Crippen molar-refractivity contribution < 1.29 is 14.7 Å². The smallest absolute Gasteiger partial charge is 0.276 e. The monoisotopic (exact) mass is 347 g/mol. The summed E-state index contributed by atoms with van der Waals surface area (Å²) in [5, 5.41) is 14.0. The van der Waals surface area contributed by atoms with E-state index in [4.69, 9.17) is 0 Å². The van der Waals surface area contributed by atoms with Gasteiger partial charge in [-0.1, -0.05) is 0 Å². The van der Waals surface area contributed by atoms with Gasteiger partial charge in [0.1, 0.15) is 6.54 Å². The first kappa shape index (κ1) is 16.5. The highest BCUT2D eigenvalue weighted by molar-refractivity contribution is 5.97. The van der Waals surface area contributed by atoms with Crippen LogP contribution in [0.25, 0.3) is 0 Å². The maximum atomic E-state index is 12.9. The topological polar surface area (TPSA) is 81.9 Å². The third kappa shape index (κ3) is 3.55. The Hall–Kier alpha value is -1.93. The van der Waals surface area contributed by atoms with E-state index in [0.29, 0.717) is 31.4 Å². The molecular formula is C17H25N5O3. The summed E-state index contributed by atoms with van der Waals surface area (Å²) in [7, 11) is 1.80. The molecule has 3 heterocycles. The molecule has 2 aliphatic heterocycles. The number of nitrogens with zero attached hydrogens (tertiary/aromatic N) is 5. The van der Waals surface area contributed by atoms with Crippen molar-refractivity contribution in [1.82, 2.24) is 24.5 Å². The fourth-order valence-electron chi connectivity index (χ4n) is 3.69. The Morgan fingerprint density at radius 2 is 2.16 bits per heavy atom. The van der Waals surface area contributed by atoms with Crippen molar-refractivity contribution in [3.8, 4) is 0 Å². The molecule has 1 aliphatic carbocycles. The molecule has 3 fully saturated rings. The summed E-state index contributed by atoms with van der Waals surface area (Å²) in [5.74, 6) is 0.466. The zero-order chi connectivity index (χ0) is 17.6. The summed E-state index contributed by atoms with van der Waals surface area (Å²) >= 11 is 0. The van der Waals surface area contributed by atoms with Gasteiger partial charge in [0.05, 0.1) is 12.8 Å². The van der Waals surface area contributed by atoms with E-state index >= 15 is 0 Å². The Labute approximate surface area is 147 Å². The normalized spacial score (nSPS) is 24.6. The molecule has 2 amide bonds. The molecule has 136 valence electrons. The molecule has 0 aromatic carbocycles. The van der Waals surface area contributed by atoms with Crippen LogP contribution < -0.4 is 0 Å². The maximum Gasteiger partial charge on any atom is 0.276 e. The second-order valence-corrected chi connectivity index (χ2v) is 7.56. The van der Waals surface area contributed by atoms with E-state index in [2.05, 4.69) is 10.00 Å². The van der Waals surface area contributed by atoms with E-state index < -0.39 is 0 Å². The molecule has 3 aliphatic rings. The maximum absolute atomic E-state index is 12.9. The van der Waals surface area contributed by atoms with Gasteiger partial charge in [-0.05, 0) is 25.2 Å². The molecule has 1 unspecified atom stereocenters. The highest BCUT2D eigenvalue weighted by Gasteiger charge is 2.36. The lowest BCUT2D eigenvalue weighted by Gasteiger charge is -2.18. The second kappa shape index (κ2) is 6.42. The van der Waals surface area contributed by atoms with E-state index in [1.54, 1.807) is 21.5 Å². The van der Waals surface area contributed by atoms with E-state index in [9.17, 15) is 14.7 Å². The molecule has 8 heteroatoms. The zero-order valence-electron chi connectivity index (χ0n) is 14.6. The van der Waals surface area contributed by atoms with Crippen LogP contribution in [0.3, 0.4) is 0 Å². The molecule has 1 atom stereocenters. The van der Waals surface area contributed by atoms with Gasteiger partial charge in [0.25, 0.3) is 5.91 Å². The van der Waals surface area contributed by atoms with Gasteiger partial charge in [0, 0.05) is 45.0 Å². The average Bonchev–Trinajstić information content (AvgIpc) is 3.00. The molecule has 1 N–H and O–H groups in total. The number of rotatable bonds is 5. The van der Waals surface area contributed by atoms with Gasteiger partial charge < -0.3 is 14.9 Å². The molecule has 1 saturated carbocycles. The zero-order valence-corrected chi connectivity index (χ0v) is 14.6. The van der Waals surface area contributed by atoms with E-state index in [1.807, 2.05) is 6.20 Å². The highest BCUT2D eigenvalue weighted by atomic mass is 16.3. The average molecular weight is 347 g/mol. The second-order valence-electron chi connectivity index (χ2n) is 7.56. The number of aromatic nitrogens is 2. The lowest BCUT2D eigenvalue weighted by atomic mass is 10.2. The molecule has 0 spiro atoms. The molecule has 1 aromatic heterocycles. The number of amides is 2. The molecule has 0 radical (unpaired) electrons. The third-order valence-corrected chi connectivity index (χ3v) is 5.23. The fraction of sp³-hybridized carbons (Fsp3) is 0.706. The Morgan fingerprint density at radius 3 is 2.84 bits per heavy atom. The number of aliphatic hydroxyl groups excluding tert-OH is 1. The van der Waals surface area contributed by atoms with E-state index in [1.165, 1.54) is 12.8 Å². The summed E-state index contributed by atoms with van der Waals surface area (Å²) in [6.45, 7) is 3.32. The van der Waals surface area contributed by atoms with E-state index in [0.717, 1.165) is 25.1 Å². The Balaban J connectivity index is 1.45. The predicted octanol–water partition coefficient (Wildman–Crippen LogP) is -0.361. The molecule has 25 heavy (non-hydrogen) atoms. The SMILES string of the molecule is Cn1cc(CN2CCC(O)C2)c(C(=O)N2CC(=O)N(CC3CC3)C2)n1. The molecule has 4 rings (SSSR count). The van der Waals surface area contributed by atoms with Crippen molar-refractivity contribution in [3.63, 3.8) is 0 Å². The van der Waals surface area contributed by atoms with Gasteiger partial charge in [0.15, 0.2) is 5.69 Å². The van der Waals surface area contributed by atoms with Crippen LogP contribution in [0.15, 0.2) is 6.20 Å². The van der Waals surface area contributed by atoms with Gasteiger partial charge in [-0.25, -0.2) is 0 Å². The van der Waals surface area contributed by atoms with Gasteiger partial charge in [-0.2, -0.15) is 5.10 Å². The van der Waals surface area contributed by atoms with Crippen LogP contribution in [0.2, 0.25) is 0 Å². The number of hydrogen-bond donors (Lipinski definition) is 1. The number of carbonyl (C=O) groups excluding carboxylic acids is 2. The summed E-state index contributed by atoms with van der Waals surface area (Å²) in [6, 6.07) is 0. The van der Waals surface area contributed by atoms with Gasteiger partial charge in [0.2, 0.25) is 5.91 Å². The minimum Gasteiger partial charge on any atom is -0.392 e. The van der Waals surface area contributed by atoms with Crippen molar-refractivity contribution in [3.05, 3.63) is 17.5 Å². The van der Waals surface area contributed by atoms with Crippen molar-refractivity contribution in [2.75, 3.05) is 32.8 Å². The number of aliphatic hydroxyl groups is 1. The number of hydrogen-bond acceptors (Lipinski definition) is 5. The minimum atomic E-state index is -0.289. The van der Waals surface area contributed by atoms with Gasteiger partial charge in [-0.3, -0.25) is 19.2 Å². The number of β-amino-alcohol motifs (C(OH)–C–C–N with tert-alkyl or cyclic N) is 1. The number of carbonyl (C=O) groups is 2. The Kier molecular flexibility index (Phi) is 4.24. The van der Waals surface area contributed by atoms with E-state index in [-0.39, 0.29) is 24.5 Å². The van der Waals surface area contributed by atoms with Gasteiger partial charge in [-0.15, -0.1) is 0 Å². The first-order chi connectivity index (χ1) is 12.0. The summed E-state index contributed by atoms with van der Waals surface area (Å²) in [4.78, 5) is 30.6. The molecule has 0 bridgehead atoms. The quantitative estimate of drug-likeness (QED) is 0.787. The molecule has 1 aromatic rings. The number of likely N-dealkylation sites (tertiary alicyclic amines) is 1. The van der Waals surface area contributed by atoms with Crippen LogP contribution in [0.1, 0.15) is 35.3 Å².